The van der Waals surface area contributed by atoms with Crippen LogP contribution in [0, 0.1) is 0 Å². The van der Waals surface area contributed by atoms with Crippen molar-refractivity contribution in [3.8, 4) is 0 Å². The van der Waals surface area contributed by atoms with Crippen LogP contribution >= 0.6 is 0 Å². The van der Waals surface area contributed by atoms with Gasteiger partial charge >= 0.3 is 0 Å². The molecule has 6 N–H and O–H groups in total. The summed E-state index contributed by atoms with van der Waals surface area (Å²) < 4.78 is 11.9. The minimum Gasteiger partial charge on any atom is -0.386 e. The molecule has 1 amide bonds. The molecular weight excluding hydrogens is 204 g/mol. The Labute approximate surface area is 88.3 Å². The van der Waals surface area contributed by atoms with E-state index in [1.807, 2.05) is 0 Å². The monoisotopic (exact) mass is 221 g/mol. The largest absolute Gasteiger partial charge is 0.386 e. The van der Waals surface area contributed by atoms with Gasteiger partial charge in [0.2, 0.25) is 5.91 Å². The maximum absolute atomic E-state index is 10.8. The summed E-state index contributed by atoms with van der Waals surface area (Å²) in [4.78, 5) is 10.8. The number of amides is 1. The SMILES string of the molecule is [2H]N[C@@]1(O)[C@H](O)[C@@H](NC(C)=O)C(O)O[C@@H]1C. The van der Waals surface area contributed by atoms with E-state index in [2.05, 4.69) is 5.32 Å². The fourth-order valence-corrected chi connectivity index (χ4v) is 1.45. The van der Waals surface area contributed by atoms with Crippen LogP contribution in [-0.4, -0.2) is 51.5 Å². The topological polar surface area (TPSA) is 125 Å². The van der Waals surface area contributed by atoms with Gasteiger partial charge in [-0.2, -0.15) is 0 Å². The first-order valence-corrected chi connectivity index (χ1v) is 4.53. The van der Waals surface area contributed by atoms with Gasteiger partial charge in [-0.3, -0.25) is 10.5 Å². The minimum absolute atomic E-state index is 0.492. The molecule has 0 aromatic heterocycles. The van der Waals surface area contributed by atoms with E-state index >= 15 is 0 Å². The van der Waals surface area contributed by atoms with E-state index in [0.717, 1.165) is 0 Å². The van der Waals surface area contributed by atoms with Crippen molar-refractivity contribution >= 4 is 5.91 Å². The Kier molecular flexibility index (Phi) is 2.89. The molecule has 1 aliphatic heterocycles. The van der Waals surface area contributed by atoms with Gasteiger partial charge in [0.1, 0.15) is 19.7 Å². The second-order valence-corrected chi connectivity index (χ2v) is 3.67. The Morgan fingerprint density at radius 1 is 1.67 bits per heavy atom. The van der Waals surface area contributed by atoms with Gasteiger partial charge in [-0.25, -0.2) is 0 Å². The lowest BCUT2D eigenvalue weighted by atomic mass is 9.92. The summed E-state index contributed by atoms with van der Waals surface area (Å²) in [6.07, 6.45) is -4.00. The van der Waals surface area contributed by atoms with Gasteiger partial charge in [0.15, 0.2) is 12.0 Å². The van der Waals surface area contributed by atoms with Crippen LogP contribution in [0.2, 0.25) is 1.41 Å². The molecule has 1 fully saturated rings. The van der Waals surface area contributed by atoms with Crippen LogP contribution in [0.1, 0.15) is 13.8 Å². The molecule has 15 heavy (non-hydrogen) atoms. The number of hydrogen-bond acceptors (Lipinski definition) is 6. The smallest absolute Gasteiger partial charge is 0.217 e. The van der Waals surface area contributed by atoms with E-state index in [1.54, 1.807) is 5.73 Å². The highest BCUT2D eigenvalue weighted by Crippen LogP contribution is 2.24. The fraction of sp³-hybridized carbons (Fsp3) is 0.875. The van der Waals surface area contributed by atoms with Gasteiger partial charge in [0, 0.05) is 6.92 Å². The van der Waals surface area contributed by atoms with E-state index in [4.69, 9.17) is 6.15 Å². The number of ether oxygens (including phenoxy) is 1. The highest BCUT2D eigenvalue weighted by Gasteiger charge is 2.51. The number of aliphatic hydroxyl groups excluding tert-OH is 2. The Hall–Kier alpha value is -0.730. The lowest BCUT2D eigenvalue weighted by molar-refractivity contribution is -0.280. The van der Waals surface area contributed by atoms with Crippen molar-refractivity contribution in [1.29, 1.82) is 0 Å². The molecule has 5 atom stereocenters. The summed E-state index contributed by atoms with van der Waals surface area (Å²) in [6.45, 7) is 2.59. The van der Waals surface area contributed by atoms with Crippen LogP contribution in [-0.2, 0) is 9.53 Å². The second-order valence-electron chi connectivity index (χ2n) is 3.67. The Morgan fingerprint density at radius 2 is 2.27 bits per heavy atom. The molecule has 0 bridgehead atoms. The van der Waals surface area contributed by atoms with Crippen LogP contribution in [0.5, 0.6) is 0 Å². The van der Waals surface area contributed by atoms with Crippen molar-refractivity contribution in [3.05, 3.63) is 0 Å². The number of hydrogen-bond donors (Lipinski definition) is 5. The van der Waals surface area contributed by atoms with Gasteiger partial charge in [-0.15, -0.1) is 0 Å². The van der Waals surface area contributed by atoms with E-state index in [0.29, 0.717) is 0 Å². The first-order chi connectivity index (χ1) is 7.32. The van der Waals surface area contributed by atoms with Crippen LogP contribution in [0.25, 0.3) is 0 Å². The van der Waals surface area contributed by atoms with Gasteiger partial charge in [-0.05, 0) is 6.92 Å². The Balaban J connectivity index is 2.89. The predicted molar refractivity (Wildman–Crippen MR) is 49.3 cm³/mol. The maximum Gasteiger partial charge on any atom is 0.217 e. The molecule has 0 spiro atoms. The first-order valence-electron chi connectivity index (χ1n) is 5.03. The van der Waals surface area contributed by atoms with Crippen molar-refractivity contribution in [3.63, 3.8) is 0 Å². The molecule has 7 nitrogen and oxygen atoms in total. The third-order valence-corrected chi connectivity index (χ3v) is 2.43. The van der Waals surface area contributed by atoms with Crippen molar-refractivity contribution in [2.24, 2.45) is 5.73 Å². The van der Waals surface area contributed by atoms with Crippen molar-refractivity contribution < 1.29 is 26.3 Å². The molecule has 1 unspecified atom stereocenters. The molecule has 1 heterocycles. The van der Waals surface area contributed by atoms with E-state index in [9.17, 15) is 20.1 Å². The number of carbonyl (C=O) groups excluding carboxylic acids is 1. The third kappa shape index (κ3) is 2.27. The molecule has 0 radical (unpaired) electrons. The third-order valence-electron chi connectivity index (χ3n) is 2.43. The normalized spacial score (nSPS) is 47.1. The molecule has 1 rings (SSSR count). The van der Waals surface area contributed by atoms with Crippen molar-refractivity contribution in [2.75, 3.05) is 0 Å². The summed E-state index contributed by atoms with van der Waals surface area (Å²) in [5.41, 5.74) is -0.278. The average molecular weight is 221 g/mol. The zero-order chi connectivity index (χ0) is 12.5. The highest BCUT2D eigenvalue weighted by molar-refractivity contribution is 5.73. The van der Waals surface area contributed by atoms with E-state index in [1.165, 1.54) is 13.8 Å². The summed E-state index contributed by atoms with van der Waals surface area (Å²) in [6, 6.07) is -1.20. The second kappa shape index (κ2) is 4.03. The Bertz CT molecular complexity index is 279. The van der Waals surface area contributed by atoms with Gasteiger partial charge in [-0.1, -0.05) is 0 Å². The number of rotatable bonds is 2. The molecule has 88 valence electrons. The van der Waals surface area contributed by atoms with Crippen LogP contribution < -0.4 is 11.0 Å². The summed E-state index contributed by atoms with van der Waals surface area (Å²) in [5.74, 6) is -0.492. The molecule has 0 aromatic rings. The minimum atomic E-state index is -2.05. The van der Waals surface area contributed by atoms with Crippen molar-refractivity contribution in [2.45, 2.75) is 44.1 Å². The number of aliphatic hydroxyl groups is 3. The van der Waals surface area contributed by atoms with Crippen molar-refractivity contribution in [1.82, 2.24) is 5.32 Å². The molecule has 0 aromatic carbocycles. The predicted octanol–water partition coefficient (Wildman–Crippen LogP) is -2.76. The number of nitrogens with two attached hydrogens (primary N) is 1. The van der Waals surface area contributed by atoms with Gasteiger partial charge in [0.25, 0.3) is 0 Å². The quantitative estimate of drug-likeness (QED) is 0.322. The summed E-state index contributed by atoms with van der Waals surface area (Å²) in [5, 5.41) is 31.4. The first kappa shape index (κ1) is 10.8. The zero-order valence-corrected chi connectivity index (χ0v) is 8.47. The van der Waals surface area contributed by atoms with Gasteiger partial charge < -0.3 is 25.4 Å². The van der Waals surface area contributed by atoms with Crippen LogP contribution in [0.3, 0.4) is 0 Å². The molecule has 0 aliphatic carbocycles. The molecule has 1 aliphatic rings. The van der Waals surface area contributed by atoms with E-state index < -0.39 is 36.2 Å². The molecular formula is C8H16N2O5. The summed E-state index contributed by atoms with van der Waals surface area (Å²) >= 11 is 0. The average Bonchev–Trinajstić information content (AvgIpc) is 2.21. The van der Waals surface area contributed by atoms with Gasteiger partial charge in [0.05, 0.1) is 0 Å². The zero-order valence-electron chi connectivity index (χ0n) is 9.47. The lowest BCUT2D eigenvalue weighted by Crippen LogP contribution is -2.72. The number of nitrogens with one attached hydrogen (secondary N) is 1. The van der Waals surface area contributed by atoms with Crippen LogP contribution in [0.4, 0.5) is 0 Å². The molecule has 0 saturated carbocycles. The maximum atomic E-state index is 10.8. The molecule has 1 saturated heterocycles. The summed E-state index contributed by atoms with van der Waals surface area (Å²) in [7, 11) is 0. The lowest BCUT2D eigenvalue weighted by Gasteiger charge is -2.45. The Morgan fingerprint density at radius 3 is 2.73 bits per heavy atom. The van der Waals surface area contributed by atoms with Crippen LogP contribution in [0.15, 0.2) is 0 Å². The van der Waals surface area contributed by atoms with E-state index in [-0.39, 0.29) is 0 Å². The standard InChI is InChI=1S/C8H16N2O5/c1-3-8(9,14)6(12)5(7(13)15-3)10-4(2)11/h3,5-7,12-14H,9H2,1-2H3,(H,10,11)/t3-,5-,6-,7?,8+/m1/s1/i/hD. The molecule has 7 heteroatoms. The fourth-order valence-electron chi connectivity index (χ4n) is 1.45. The highest BCUT2D eigenvalue weighted by atomic mass is 16.6. The number of carbonyl (C=O) groups is 1.